The molecule has 2 aromatic rings. The first-order chi connectivity index (χ1) is 8.74. The van der Waals surface area contributed by atoms with Crippen molar-refractivity contribution < 1.29 is 9.53 Å². The number of ether oxygens (including phenoxy) is 1. The van der Waals surface area contributed by atoms with Crippen LogP contribution >= 0.6 is 11.3 Å². The number of aromatic nitrogens is 1. The molecule has 0 radical (unpaired) electrons. The highest BCUT2D eigenvalue weighted by Gasteiger charge is 2.23. The number of nitrogens with zero attached hydrogens (tertiary/aromatic N) is 1. The molecule has 0 saturated carbocycles. The molecule has 1 aliphatic heterocycles. The molecule has 2 heterocycles. The number of carbonyl (C=O) groups is 1. The second kappa shape index (κ2) is 4.53. The molecule has 0 spiro atoms. The smallest absolute Gasteiger partial charge is 0.178 e. The van der Waals surface area contributed by atoms with Gasteiger partial charge in [-0.3, -0.25) is 4.79 Å². The van der Waals surface area contributed by atoms with Crippen LogP contribution in [0.2, 0.25) is 0 Å². The minimum atomic E-state index is 0.0228. The number of rotatable bonds is 2. The van der Waals surface area contributed by atoms with Crippen molar-refractivity contribution in [3.05, 3.63) is 45.9 Å². The lowest BCUT2D eigenvalue weighted by Gasteiger charge is -2.23. The molecule has 0 saturated heterocycles. The number of hydrogen-bond acceptors (Lipinski definition) is 4. The van der Waals surface area contributed by atoms with E-state index in [-0.39, 0.29) is 11.7 Å². The standard InChI is InChI=1S/C14H13NO2S/c1-9(16)12-8-18-14(15-12)11-6-10-4-2-3-5-13(10)17-7-11/h2-5,8,11H,6-7H2,1H3. The molecule has 4 heteroatoms. The third kappa shape index (κ3) is 2.04. The maximum absolute atomic E-state index is 11.3. The van der Waals surface area contributed by atoms with E-state index in [4.69, 9.17) is 4.74 Å². The van der Waals surface area contributed by atoms with E-state index in [2.05, 4.69) is 11.1 Å². The molecule has 92 valence electrons. The molecule has 1 aromatic heterocycles. The minimum absolute atomic E-state index is 0.0228. The maximum atomic E-state index is 11.3. The molecule has 3 rings (SSSR count). The van der Waals surface area contributed by atoms with Crippen molar-refractivity contribution in [2.45, 2.75) is 19.3 Å². The van der Waals surface area contributed by atoms with Crippen molar-refractivity contribution in [1.29, 1.82) is 0 Å². The summed E-state index contributed by atoms with van der Waals surface area (Å²) in [5.74, 6) is 1.25. The van der Waals surface area contributed by atoms with Gasteiger partial charge >= 0.3 is 0 Å². The van der Waals surface area contributed by atoms with E-state index >= 15 is 0 Å². The molecule has 1 atom stereocenters. The molecule has 18 heavy (non-hydrogen) atoms. The zero-order valence-corrected chi connectivity index (χ0v) is 10.9. The van der Waals surface area contributed by atoms with E-state index < -0.39 is 0 Å². The van der Waals surface area contributed by atoms with Crippen molar-refractivity contribution in [3.63, 3.8) is 0 Å². The van der Waals surface area contributed by atoms with Gasteiger partial charge in [0.15, 0.2) is 5.78 Å². The van der Waals surface area contributed by atoms with Crippen LogP contribution in [0.4, 0.5) is 0 Å². The maximum Gasteiger partial charge on any atom is 0.178 e. The summed E-state index contributed by atoms with van der Waals surface area (Å²) in [6, 6.07) is 8.08. The van der Waals surface area contributed by atoms with Crippen molar-refractivity contribution in [2.24, 2.45) is 0 Å². The summed E-state index contributed by atoms with van der Waals surface area (Å²) in [5, 5.41) is 2.83. The van der Waals surface area contributed by atoms with Crippen molar-refractivity contribution in [1.82, 2.24) is 4.98 Å². The molecule has 0 amide bonds. The van der Waals surface area contributed by atoms with Crippen LogP contribution in [0.15, 0.2) is 29.6 Å². The highest BCUT2D eigenvalue weighted by atomic mass is 32.1. The molecule has 1 aromatic carbocycles. The lowest BCUT2D eigenvalue weighted by molar-refractivity contribution is 0.101. The summed E-state index contributed by atoms with van der Waals surface area (Å²) >= 11 is 1.55. The van der Waals surface area contributed by atoms with Crippen molar-refractivity contribution >= 4 is 17.1 Å². The van der Waals surface area contributed by atoms with Crippen LogP contribution in [0.1, 0.15) is 33.9 Å². The predicted octanol–water partition coefficient (Wildman–Crippen LogP) is 3.06. The number of fused-ring (bicyclic) bond motifs is 1. The number of carbonyl (C=O) groups excluding carboxylic acids is 1. The molecular weight excluding hydrogens is 246 g/mol. The topological polar surface area (TPSA) is 39.2 Å². The Labute approximate surface area is 109 Å². The minimum Gasteiger partial charge on any atom is -0.493 e. The van der Waals surface area contributed by atoms with Gasteiger partial charge in [-0.05, 0) is 18.1 Å². The average molecular weight is 259 g/mol. The molecule has 3 nitrogen and oxygen atoms in total. The Morgan fingerprint density at radius 1 is 1.44 bits per heavy atom. The van der Waals surface area contributed by atoms with Gasteiger partial charge < -0.3 is 4.74 Å². The van der Waals surface area contributed by atoms with E-state index in [9.17, 15) is 4.79 Å². The zero-order valence-electron chi connectivity index (χ0n) is 10.1. The summed E-state index contributed by atoms with van der Waals surface area (Å²) in [4.78, 5) is 15.6. The Morgan fingerprint density at radius 3 is 3.06 bits per heavy atom. The highest BCUT2D eigenvalue weighted by Crippen LogP contribution is 2.33. The fourth-order valence-corrected chi connectivity index (χ4v) is 3.07. The molecule has 0 N–H and O–H groups in total. The Balaban J connectivity index is 1.85. The second-order valence-electron chi connectivity index (χ2n) is 4.45. The second-order valence-corrected chi connectivity index (χ2v) is 5.34. The van der Waals surface area contributed by atoms with Gasteiger partial charge in [-0.1, -0.05) is 18.2 Å². The van der Waals surface area contributed by atoms with E-state index in [1.807, 2.05) is 23.6 Å². The number of hydrogen-bond donors (Lipinski definition) is 0. The Bertz CT molecular complexity index is 591. The van der Waals surface area contributed by atoms with Crippen LogP contribution in [-0.2, 0) is 6.42 Å². The fraction of sp³-hybridized carbons (Fsp3) is 0.286. The molecule has 1 aliphatic rings. The van der Waals surface area contributed by atoms with Crippen LogP contribution in [0, 0.1) is 0 Å². The summed E-state index contributed by atoms with van der Waals surface area (Å²) in [7, 11) is 0. The first-order valence-corrected chi connectivity index (χ1v) is 6.79. The van der Waals surface area contributed by atoms with Crippen LogP contribution in [-0.4, -0.2) is 17.4 Å². The summed E-state index contributed by atoms with van der Waals surface area (Å²) in [6.45, 7) is 2.19. The van der Waals surface area contributed by atoms with Gasteiger partial charge in [0.05, 0.1) is 6.61 Å². The summed E-state index contributed by atoms with van der Waals surface area (Å²) in [5.41, 5.74) is 1.78. The van der Waals surface area contributed by atoms with Crippen LogP contribution in [0.25, 0.3) is 0 Å². The summed E-state index contributed by atoms with van der Waals surface area (Å²) in [6.07, 6.45) is 0.932. The van der Waals surface area contributed by atoms with Gasteiger partial charge in [0.2, 0.25) is 0 Å². The fourth-order valence-electron chi connectivity index (χ4n) is 2.12. The third-order valence-electron chi connectivity index (χ3n) is 3.11. The molecule has 0 fully saturated rings. The van der Waals surface area contributed by atoms with Crippen LogP contribution in [0.3, 0.4) is 0 Å². The number of benzene rings is 1. The van der Waals surface area contributed by atoms with Gasteiger partial charge in [0, 0.05) is 18.2 Å². The first-order valence-electron chi connectivity index (χ1n) is 5.91. The van der Waals surface area contributed by atoms with E-state index in [1.54, 1.807) is 18.3 Å². The highest BCUT2D eigenvalue weighted by molar-refractivity contribution is 7.09. The largest absolute Gasteiger partial charge is 0.493 e. The Kier molecular flexibility index (Phi) is 2.88. The van der Waals surface area contributed by atoms with Crippen molar-refractivity contribution in [3.8, 4) is 5.75 Å². The van der Waals surface area contributed by atoms with E-state index in [0.29, 0.717) is 12.3 Å². The van der Waals surface area contributed by atoms with Crippen molar-refractivity contribution in [2.75, 3.05) is 6.61 Å². The van der Waals surface area contributed by atoms with E-state index in [0.717, 1.165) is 17.2 Å². The number of thiazole rings is 1. The number of para-hydroxylation sites is 1. The molecule has 1 unspecified atom stereocenters. The van der Waals surface area contributed by atoms with Crippen LogP contribution in [0.5, 0.6) is 5.75 Å². The normalized spacial score (nSPS) is 17.9. The zero-order chi connectivity index (χ0) is 12.5. The number of Topliss-reactive ketones (excluding diaryl/α,β-unsaturated/α-hetero) is 1. The van der Waals surface area contributed by atoms with Gasteiger partial charge in [0.25, 0.3) is 0 Å². The number of ketones is 1. The lowest BCUT2D eigenvalue weighted by Crippen LogP contribution is -2.19. The first kappa shape index (κ1) is 11.4. The monoisotopic (exact) mass is 259 g/mol. The summed E-state index contributed by atoms with van der Waals surface area (Å²) < 4.78 is 5.74. The van der Waals surface area contributed by atoms with Gasteiger partial charge in [0.1, 0.15) is 16.5 Å². The quantitative estimate of drug-likeness (QED) is 0.778. The molecular formula is C14H13NO2S. The van der Waals surface area contributed by atoms with Gasteiger partial charge in [-0.15, -0.1) is 11.3 Å². The van der Waals surface area contributed by atoms with Gasteiger partial charge in [-0.2, -0.15) is 0 Å². The predicted molar refractivity (Wildman–Crippen MR) is 70.5 cm³/mol. The van der Waals surface area contributed by atoms with E-state index in [1.165, 1.54) is 5.56 Å². The third-order valence-corrected chi connectivity index (χ3v) is 4.12. The lowest BCUT2D eigenvalue weighted by atomic mass is 9.97. The molecule has 0 aliphatic carbocycles. The Morgan fingerprint density at radius 2 is 2.28 bits per heavy atom. The molecule has 0 bridgehead atoms. The van der Waals surface area contributed by atoms with Gasteiger partial charge in [-0.25, -0.2) is 4.98 Å². The Hall–Kier alpha value is -1.68. The van der Waals surface area contributed by atoms with Crippen LogP contribution < -0.4 is 4.74 Å². The average Bonchev–Trinajstić information content (AvgIpc) is 2.88. The SMILES string of the molecule is CC(=O)c1csc(C2COc3ccccc3C2)n1.